The van der Waals surface area contributed by atoms with Gasteiger partial charge in [0.1, 0.15) is 0 Å². The Balaban J connectivity index is 1.92. The Labute approximate surface area is 175 Å². The summed E-state index contributed by atoms with van der Waals surface area (Å²) in [6.07, 6.45) is 4.15. The van der Waals surface area contributed by atoms with E-state index in [1.54, 1.807) is 12.1 Å². The minimum atomic E-state index is -3.52. The van der Waals surface area contributed by atoms with E-state index in [0.29, 0.717) is 25.6 Å². The number of sulfonamides is 1. The van der Waals surface area contributed by atoms with Crippen LogP contribution in [0.15, 0.2) is 34.2 Å². The summed E-state index contributed by atoms with van der Waals surface area (Å²) >= 11 is 0. The summed E-state index contributed by atoms with van der Waals surface area (Å²) in [7, 11) is -3.52. The molecule has 1 saturated heterocycles. The molecule has 0 saturated carbocycles. The van der Waals surface area contributed by atoms with Crippen molar-refractivity contribution >= 4 is 16.0 Å². The average molecular weight is 425 g/mol. The molecule has 0 aromatic heterocycles. The number of nitrogens with one attached hydrogen (secondary N) is 3. The molecule has 29 heavy (non-hydrogen) atoms. The highest BCUT2D eigenvalue weighted by Gasteiger charge is 2.20. The van der Waals surface area contributed by atoms with Crippen molar-refractivity contribution in [1.29, 1.82) is 0 Å². The number of guanidine groups is 1. The van der Waals surface area contributed by atoms with E-state index in [9.17, 15) is 8.42 Å². The van der Waals surface area contributed by atoms with E-state index in [1.807, 2.05) is 19.1 Å². The van der Waals surface area contributed by atoms with E-state index >= 15 is 0 Å². The van der Waals surface area contributed by atoms with Crippen LogP contribution >= 0.6 is 0 Å². The van der Waals surface area contributed by atoms with Gasteiger partial charge >= 0.3 is 0 Å². The minimum absolute atomic E-state index is 0.0182. The van der Waals surface area contributed by atoms with Crippen LogP contribution in [-0.2, 0) is 21.3 Å². The molecular formula is C21H36N4O3S. The zero-order valence-corrected chi connectivity index (χ0v) is 18.7. The molecule has 1 aromatic rings. The van der Waals surface area contributed by atoms with Gasteiger partial charge in [-0.05, 0) is 43.4 Å². The molecule has 0 aliphatic carbocycles. The number of benzene rings is 1. The molecule has 0 radical (unpaired) electrons. The SMILES string of the molecule is CCNC(=NCc1ccc(S(=O)(=O)NCC2CCCO2)cc1)NCC(CC)CC. The van der Waals surface area contributed by atoms with Gasteiger partial charge in [-0.2, -0.15) is 0 Å². The third-order valence-corrected chi connectivity index (χ3v) is 6.67. The molecule has 1 atom stereocenters. The van der Waals surface area contributed by atoms with Gasteiger partial charge in [0.2, 0.25) is 10.0 Å². The van der Waals surface area contributed by atoms with E-state index in [-0.39, 0.29) is 11.0 Å². The van der Waals surface area contributed by atoms with Crippen LogP contribution in [0.1, 0.15) is 52.0 Å². The van der Waals surface area contributed by atoms with Crippen molar-refractivity contribution in [1.82, 2.24) is 15.4 Å². The number of rotatable bonds is 11. The molecule has 1 unspecified atom stereocenters. The fourth-order valence-corrected chi connectivity index (χ4v) is 4.26. The van der Waals surface area contributed by atoms with Crippen molar-refractivity contribution in [2.45, 2.75) is 64.0 Å². The quantitative estimate of drug-likeness (QED) is 0.375. The predicted molar refractivity (Wildman–Crippen MR) is 117 cm³/mol. The summed E-state index contributed by atoms with van der Waals surface area (Å²) in [6.45, 7) is 9.65. The Kier molecular flexibility index (Phi) is 9.90. The Morgan fingerprint density at radius 3 is 2.48 bits per heavy atom. The first-order chi connectivity index (χ1) is 14.0. The molecule has 1 fully saturated rings. The molecule has 1 aromatic carbocycles. The maximum absolute atomic E-state index is 12.4. The van der Waals surface area contributed by atoms with Crippen molar-refractivity contribution in [3.8, 4) is 0 Å². The van der Waals surface area contributed by atoms with Crippen LogP contribution in [0.2, 0.25) is 0 Å². The van der Waals surface area contributed by atoms with Gasteiger partial charge < -0.3 is 15.4 Å². The van der Waals surface area contributed by atoms with E-state index < -0.39 is 10.0 Å². The van der Waals surface area contributed by atoms with Crippen LogP contribution in [0.5, 0.6) is 0 Å². The second-order valence-electron chi connectivity index (χ2n) is 7.39. The summed E-state index contributed by atoms with van der Waals surface area (Å²) in [4.78, 5) is 4.88. The maximum atomic E-state index is 12.4. The van der Waals surface area contributed by atoms with Crippen molar-refractivity contribution < 1.29 is 13.2 Å². The summed E-state index contributed by atoms with van der Waals surface area (Å²) in [5, 5.41) is 6.65. The van der Waals surface area contributed by atoms with Crippen LogP contribution in [0.3, 0.4) is 0 Å². The third-order valence-electron chi connectivity index (χ3n) is 5.24. The van der Waals surface area contributed by atoms with Gasteiger partial charge in [0.15, 0.2) is 5.96 Å². The Hall–Kier alpha value is -1.64. The first kappa shape index (κ1) is 23.6. The van der Waals surface area contributed by atoms with Crippen LogP contribution in [-0.4, -0.2) is 46.7 Å². The number of aliphatic imine (C=N–C) groups is 1. The van der Waals surface area contributed by atoms with Gasteiger partial charge in [0, 0.05) is 26.2 Å². The zero-order valence-electron chi connectivity index (χ0n) is 17.9. The molecule has 8 heteroatoms. The first-order valence-electron chi connectivity index (χ1n) is 10.7. The smallest absolute Gasteiger partial charge is 0.240 e. The molecule has 0 amide bonds. The van der Waals surface area contributed by atoms with Gasteiger partial charge in [-0.1, -0.05) is 38.8 Å². The Bertz CT molecular complexity index is 725. The summed E-state index contributed by atoms with van der Waals surface area (Å²) < 4.78 is 33.0. The molecule has 7 nitrogen and oxygen atoms in total. The monoisotopic (exact) mass is 424 g/mol. The normalized spacial score (nSPS) is 17.7. The minimum Gasteiger partial charge on any atom is -0.377 e. The highest BCUT2D eigenvalue weighted by molar-refractivity contribution is 7.89. The lowest BCUT2D eigenvalue weighted by Gasteiger charge is -2.16. The van der Waals surface area contributed by atoms with Crippen LogP contribution in [0.25, 0.3) is 0 Å². The second kappa shape index (κ2) is 12.1. The van der Waals surface area contributed by atoms with Crippen molar-refractivity contribution in [2.24, 2.45) is 10.9 Å². The maximum Gasteiger partial charge on any atom is 0.240 e. The molecular weight excluding hydrogens is 388 g/mol. The standard InChI is InChI=1S/C21H36N4O3S/c1-4-17(5-2)14-23-21(22-6-3)24-15-18-9-11-20(12-10-18)29(26,27)25-16-19-8-7-13-28-19/h9-12,17,19,25H,4-8,13-16H2,1-3H3,(H2,22,23,24). The molecule has 3 N–H and O–H groups in total. The lowest BCUT2D eigenvalue weighted by Crippen LogP contribution is -2.39. The highest BCUT2D eigenvalue weighted by atomic mass is 32.2. The topological polar surface area (TPSA) is 91.8 Å². The first-order valence-corrected chi connectivity index (χ1v) is 12.2. The van der Waals surface area contributed by atoms with E-state index in [4.69, 9.17) is 4.74 Å². The predicted octanol–water partition coefficient (Wildman–Crippen LogP) is 2.64. The zero-order chi connectivity index (χ0) is 21.1. The summed E-state index contributed by atoms with van der Waals surface area (Å²) in [5.74, 6) is 1.42. The number of hydrogen-bond donors (Lipinski definition) is 3. The molecule has 164 valence electrons. The molecule has 2 rings (SSSR count). The van der Waals surface area contributed by atoms with Crippen molar-refractivity contribution in [3.05, 3.63) is 29.8 Å². The lowest BCUT2D eigenvalue weighted by atomic mass is 10.0. The van der Waals surface area contributed by atoms with Crippen LogP contribution < -0.4 is 15.4 Å². The molecule has 1 heterocycles. The average Bonchev–Trinajstić information content (AvgIpc) is 3.25. The van der Waals surface area contributed by atoms with Gasteiger partial charge in [0.05, 0.1) is 17.5 Å². The van der Waals surface area contributed by atoms with Crippen molar-refractivity contribution in [3.63, 3.8) is 0 Å². The largest absolute Gasteiger partial charge is 0.377 e. The number of nitrogens with zero attached hydrogens (tertiary/aromatic N) is 1. The molecule has 0 bridgehead atoms. The summed E-state index contributed by atoms with van der Waals surface area (Å²) in [5.41, 5.74) is 0.961. The van der Waals surface area contributed by atoms with Gasteiger partial charge in [-0.3, -0.25) is 0 Å². The fraction of sp³-hybridized carbons (Fsp3) is 0.667. The molecule has 1 aliphatic rings. The third kappa shape index (κ3) is 7.95. The fourth-order valence-electron chi connectivity index (χ4n) is 3.20. The Morgan fingerprint density at radius 2 is 1.90 bits per heavy atom. The van der Waals surface area contributed by atoms with Crippen LogP contribution in [0.4, 0.5) is 0 Å². The van der Waals surface area contributed by atoms with E-state index in [1.165, 1.54) is 0 Å². The molecule has 0 spiro atoms. The van der Waals surface area contributed by atoms with Gasteiger partial charge in [0.25, 0.3) is 0 Å². The van der Waals surface area contributed by atoms with Crippen molar-refractivity contribution in [2.75, 3.05) is 26.2 Å². The molecule has 1 aliphatic heterocycles. The highest BCUT2D eigenvalue weighted by Crippen LogP contribution is 2.14. The Morgan fingerprint density at radius 1 is 1.17 bits per heavy atom. The summed E-state index contributed by atoms with van der Waals surface area (Å²) in [6, 6.07) is 6.89. The van der Waals surface area contributed by atoms with Crippen LogP contribution in [0, 0.1) is 5.92 Å². The van der Waals surface area contributed by atoms with E-state index in [0.717, 1.165) is 50.3 Å². The van der Waals surface area contributed by atoms with Gasteiger partial charge in [-0.25, -0.2) is 18.1 Å². The van der Waals surface area contributed by atoms with E-state index in [2.05, 4.69) is 34.2 Å². The van der Waals surface area contributed by atoms with Gasteiger partial charge in [-0.15, -0.1) is 0 Å². The lowest BCUT2D eigenvalue weighted by molar-refractivity contribution is 0.114. The second-order valence-corrected chi connectivity index (χ2v) is 9.16. The number of ether oxygens (including phenoxy) is 1. The number of hydrogen-bond acceptors (Lipinski definition) is 4.